The molecule has 1 fully saturated rings. The summed E-state index contributed by atoms with van der Waals surface area (Å²) in [6, 6.07) is 7.47. The quantitative estimate of drug-likeness (QED) is 0.855. The van der Waals surface area contributed by atoms with E-state index in [0.717, 1.165) is 31.6 Å². The van der Waals surface area contributed by atoms with E-state index in [9.17, 15) is 4.79 Å². The first-order chi connectivity index (χ1) is 8.25. The SMILES string of the molecule is O=C(Cc1ccccc1Cl)NCC1CCNC1. The molecule has 0 bridgehead atoms. The van der Waals surface area contributed by atoms with Crippen LogP contribution in [-0.4, -0.2) is 25.5 Å². The van der Waals surface area contributed by atoms with Crippen LogP contribution in [-0.2, 0) is 11.2 Å². The van der Waals surface area contributed by atoms with Crippen molar-refractivity contribution in [2.45, 2.75) is 12.8 Å². The summed E-state index contributed by atoms with van der Waals surface area (Å²) in [7, 11) is 0. The molecule has 2 N–H and O–H groups in total. The number of benzene rings is 1. The molecule has 2 rings (SSSR count). The third-order valence-corrected chi connectivity index (χ3v) is 3.43. The van der Waals surface area contributed by atoms with Gasteiger partial charge in [0.1, 0.15) is 0 Å². The summed E-state index contributed by atoms with van der Waals surface area (Å²) >= 11 is 6.01. The Kier molecular flexibility index (Phi) is 4.40. The van der Waals surface area contributed by atoms with Crippen molar-refractivity contribution in [1.82, 2.24) is 10.6 Å². The zero-order valence-corrected chi connectivity index (χ0v) is 10.5. The number of hydrogen-bond donors (Lipinski definition) is 2. The number of hydrogen-bond acceptors (Lipinski definition) is 2. The van der Waals surface area contributed by atoms with Gasteiger partial charge in [-0.25, -0.2) is 0 Å². The average Bonchev–Trinajstić information content (AvgIpc) is 2.82. The molecule has 1 unspecified atom stereocenters. The van der Waals surface area contributed by atoms with Crippen LogP contribution < -0.4 is 10.6 Å². The molecule has 0 radical (unpaired) electrons. The second kappa shape index (κ2) is 6.03. The number of amides is 1. The Balaban J connectivity index is 1.79. The first kappa shape index (κ1) is 12.4. The van der Waals surface area contributed by atoms with Crippen LogP contribution in [0.2, 0.25) is 5.02 Å². The minimum absolute atomic E-state index is 0.0463. The standard InChI is InChI=1S/C13H17ClN2O/c14-12-4-2-1-3-11(12)7-13(17)16-9-10-5-6-15-8-10/h1-4,10,15H,5-9H2,(H,16,17). The fourth-order valence-electron chi connectivity index (χ4n) is 2.02. The van der Waals surface area contributed by atoms with E-state index in [4.69, 9.17) is 11.6 Å². The Labute approximate surface area is 107 Å². The highest BCUT2D eigenvalue weighted by Crippen LogP contribution is 2.15. The van der Waals surface area contributed by atoms with Gasteiger partial charge in [0.05, 0.1) is 6.42 Å². The molecule has 1 atom stereocenters. The molecule has 3 nitrogen and oxygen atoms in total. The Bertz CT molecular complexity index is 389. The van der Waals surface area contributed by atoms with Crippen LogP contribution in [0.4, 0.5) is 0 Å². The van der Waals surface area contributed by atoms with E-state index in [1.54, 1.807) is 0 Å². The summed E-state index contributed by atoms with van der Waals surface area (Å²) in [5, 5.41) is 6.90. The van der Waals surface area contributed by atoms with Crippen LogP contribution in [0.1, 0.15) is 12.0 Å². The van der Waals surface area contributed by atoms with Crippen molar-refractivity contribution in [3.8, 4) is 0 Å². The summed E-state index contributed by atoms with van der Waals surface area (Å²) in [4.78, 5) is 11.7. The van der Waals surface area contributed by atoms with Crippen molar-refractivity contribution < 1.29 is 4.79 Å². The van der Waals surface area contributed by atoms with Crippen molar-refractivity contribution in [2.24, 2.45) is 5.92 Å². The predicted octanol–water partition coefficient (Wildman–Crippen LogP) is 1.61. The lowest BCUT2D eigenvalue weighted by Crippen LogP contribution is -2.31. The van der Waals surface area contributed by atoms with Gasteiger partial charge in [-0.15, -0.1) is 0 Å². The van der Waals surface area contributed by atoms with Crippen molar-refractivity contribution in [1.29, 1.82) is 0 Å². The van der Waals surface area contributed by atoms with Crippen LogP contribution in [0.25, 0.3) is 0 Å². The average molecular weight is 253 g/mol. The molecule has 1 saturated heterocycles. The second-order valence-corrected chi connectivity index (χ2v) is 4.84. The van der Waals surface area contributed by atoms with Gasteiger partial charge in [-0.1, -0.05) is 29.8 Å². The minimum atomic E-state index is 0.0463. The summed E-state index contributed by atoms with van der Waals surface area (Å²) in [6.45, 7) is 2.83. The zero-order chi connectivity index (χ0) is 12.1. The van der Waals surface area contributed by atoms with Gasteiger partial charge in [-0.2, -0.15) is 0 Å². The lowest BCUT2D eigenvalue weighted by Gasteiger charge is -2.10. The molecule has 1 aromatic rings. The van der Waals surface area contributed by atoms with Gasteiger partial charge in [0.2, 0.25) is 5.91 Å². The summed E-state index contributed by atoms with van der Waals surface area (Å²) < 4.78 is 0. The Morgan fingerprint density at radius 2 is 2.29 bits per heavy atom. The minimum Gasteiger partial charge on any atom is -0.355 e. The Morgan fingerprint density at radius 1 is 1.47 bits per heavy atom. The molecular formula is C13H17ClN2O. The van der Waals surface area contributed by atoms with Gasteiger partial charge in [0.25, 0.3) is 0 Å². The lowest BCUT2D eigenvalue weighted by atomic mass is 10.1. The van der Waals surface area contributed by atoms with Crippen molar-refractivity contribution in [2.75, 3.05) is 19.6 Å². The highest BCUT2D eigenvalue weighted by atomic mass is 35.5. The molecule has 0 aliphatic carbocycles. The fourth-order valence-corrected chi connectivity index (χ4v) is 2.23. The lowest BCUT2D eigenvalue weighted by molar-refractivity contribution is -0.120. The monoisotopic (exact) mass is 252 g/mol. The third kappa shape index (κ3) is 3.72. The predicted molar refractivity (Wildman–Crippen MR) is 69.1 cm³/mol. The number of rotatable bonds is 4. The van der Waals surface area contributed by atoms with Crippen LogP contribution in [0.5, 0.6) is 0 Å². The topological polar surface area (TPSA) is 41.1 Å². The third-order valence-electron chi connectivity index (χ3n) is 3.06. The molecule has 0 saturated carbocycles. The highest BCUT2D eigenvalue weighted by Gasteiger charge is 2.15. The number of nitrogens with one attached hydrogen (secondary N) is 2. The molecule has 1 heterocycles. The van der Waals surface area contributed by atoms with E-state index in [2.05, 4.69) is 10.6 Å². The maximum atomic E-state index is 11.7. The van der Waals surface area contributed by atoms with E-state index in [1.165, 1.54) is 0 Å². The molecule has 1 aromatic carbocycles. The maximum Gasteiger partial charge on any atom is 0.224 e. The van der Waals surface area contributed by atoms with Gasteiger partial charge in [0.15, 0.2) is 0 Å². The molecule has 0 spiro atoms. The zero-order valence-electron chi connectivity index (χ0n) is 9.71. The molecule has 1 aliphatic rings. The molecule has 0 aromatic heterocycles. The van der Waals surface area contributed by atoms with Crippen LogP contribution >= 0.6 is 11.6 Å². The molecule has 17 heavy (non-hydrogen) atoms. The Hall–Kier alpha value is -1.06. The number of halogens is 1. The largest absolute Gasteiger partial charge is 0.355 e. The molecule has 1 aliphatic heterocycles. The summed E-state index contributed by atoms with van der Waals surface area (Å²) in [6.07, 6.45) is 1.51. The van der Waals surface area contributed by atoms with E-state index >= 15 is 0 Å². The molecule has 4 heteroatoms. The number of carbonyl (C=O) groups is 1. The highest BCUT2D eigenvalue weighted by molar-refractivity contribution is 6.31. The molecular weight excluding hydrogens is 236 g/mol. The Morgan fingerprint density at radius 3 is 3.00 bits per heavy atom. The molecule has 92 valence electrons. The first-order valence-corrected chi connectivity index (χ1v) is 6.34. The smallest absolute Gasteiger partial charge is 0.224 e. The van der Waals surface area contributed by atoms with Crippen molar-refractivity contribution in [3.63, 3.8) is 0 Å². The first-order valence-electron chi connectivity index (χ1n) is 5.96. The van der Waals surface area contributed by atoms with Crippen LogP contribution in [0.15, 0.2) is 24.3 Å². The summed E-state index contributed by atoms with van der Waals surface area (Å²) in [5.41, 5.74) is 0.885. The van der Waals surface area contributed by atoms with Gasteiger partial charge >= 0.3 is 0 Å². The van der Waals surface area contributed by atoms with Gasteiger partial charge in [0, 0.05) is 11.6 Å². The maximum absolute atomic E-state index is 11.7. The van der Waals surface area contributed by atoms with E-state index in [0.29, 0.717) is 17.4 Å². The fraction of sp³-hybridized carbons (Fsp3) is 0.462. The second-order valence-electron chi connectivity index (χ2n) is 4.43. The van der Waals surface area contributed by atoms with E-state index < -0.39 is 0 Å². The normalized spacial score (nSPS) is 19.2. The van der Waals surface area contributed by atoms with Gasteiger partial charge < -0.3 is 10.6 Å². The van der Waals surface area contributed by atoms with E-state index in [-0.39, 0.29) is 5.91 Å². The molecule has 1 amide bonds. The van der Waals surface area contributed by atoms with Crippen LogP contribution in [0, 0.1) is 5.92 Å². The van der Waals surface area contributed by atoms with Gasteiger partial charge in [-0.3, -0.25) is 4.79 Å². The summed E-state index contributed by atoms with van der Waals surface area (Å²) in [5.74, 6) is 0.621. The van der Waals surface area contributed by atoms with Crippen molar-refractivity contribution in [3.05, 3.63) is 34.9 Å². The van der Waals surface area contributed by atoms with Crippen LogP contribution in [0.3, 0.4) is 0 Å². The number of carbonyl (C=O) groups excluding carboxylic acids is 1. The van der Waals surface area contributed by atoms with Gasteiger partial charge in [-0.05, 0) is 37.1 Å². The van der Waals surface area contributed by atoms with Crippen molar-refractivity contribution >= 4 is 17.5 Å². The van der Waals surface area contributed by atoms with E-state index in [1.807, 2.05) is 24.3 Å².